The van der Waals surface area contributed by atoms with Crippen LogP contribution in [0, 0.1) is 0 Å². The summed E-state index contributed by atoms with van der Waals surface area (Å²) in [6.07, 6.45) is 0. The van der Waals surface area contributed by atoms with Crippen LogP contribution in [0.4, 0.5) is 0 Å². The van der Waals surface area contributed by atoms with Crippen molar-refractivity contribution in [2.45, 2.75) is 47.5 Å². The minimum Gasteiger partial charge on any atom is -0.312 e. The van der Waals surface area contributed by atoms with Crippen LogP contribution >= 0.6 is 58.0 Å². The fourth-order valence-corrected chi connectivity index (χ4v) is 0.667. The van der Waals surface area contributed by atoms with Crippen LogP contribution in [0.25, 0.3) is 0 Å². The van der Waals surface area contributed by atoms with Crippen LogP contribution < -0.4 is 5.32 Å². The summed E-state index contributed by atoms with van der Waals surface area (Å²) in [5.74, 6) is 0. The normalized spacial score (nSPS) is 13.0. The third kappa shape index (κ3) is 13.6. The number of hydrogen-bond donors (Lipinski definition) is 1. The van der Waals surface area contributed by atoms with E-state index in [9.17, 15) is 0 Å². The first kappa shape index (κ1) is 19.0. The molecule has 0 amide bonds. The first-order valence-electron chi connectivity index (χ1n) is 4.58. The van der Waals surface area contributed by atoms with Crippen molar-refractivity contribution in [3.8, 4) is 0 Å². The number of rotatable bonds is 2. The largest absolute Gasteiger partial charge is 0.312 e. The fourth-order valence-electron chi connectivity index (χ4n) is 0.667. The molecule has 0 radical (unpaired) electrons. The summed E-state index contributed by atoms with van der Waals surface area (Å²) in [6.45, 7) is 8.61. The van der Waals surface area contributed by atoms with E-state index in [2.05, 4.69) is 33.0 Å². The van der Waals surface area contributed by atoms with Gasteiger partial charge in [0.2, 0.25) is 3.79 Å². The van der Waals surface area contributed by atoms with Crippen LogP contribution in [0.15, 0.2) is 0 Å². The molecule has 15 heavy (non-hydrogen) atoms. The van der Waals surface area contributed by atoms with Crippen molar-refractivity contribution in [3.63, 3.8) is 0 Å². The van der Waals surface area contributed by atoms with Gasteiger partial charge in [-0.2, -0.15) is 0 Å². The van der Waals surface area contributed by atoms with Gasteiger partial charge >= 0.3 is 0 Å². The Morgan fingerprint density at radius 1 is 0.867 bits per heavy atom. The highest BCUT2D eigenvalue weighted by atomic mass is 35.6. The van der Waals surface area contributed by atoms with Gasteiger partial charge in [-0.3, -0.25) is 0 Å². The van der Waals surface area contributed by atoms with Crippen LogP contribution in [0.2, 0.25) is 0 Å². The predicted molar refractivity (Wildman–Crippen MR) is 78.1 cm³/mol. The second kappa shape index (κ2) is 7.86. The van der Waals surface area contributed by atoms with Crippen LogP contribution in [0.5, 0.6) is 0 Å². The van der Waals surface area contributed by atoms with Gasteiger partial charge in [0, 0.05) is 12.1 Å². The summed E-state index contributed by atoms with van der Waals surface area (Å²) in [7, 11) is 0.422. The standard InChI is InChI=1S/C6H15N.C2H3Cl5Si/c1-5(2)7-6(3)4;3-1(4,5)2(6,7)8/h5-7H,1-4H3;8H3. The highest BCUT2D eigenvalue weighted by Gasteiger charge is 2.40. The summed E-state index contributed by atoms with van der Waals surface area (Å²) < 4.78 is -2.74. The summed E-state index contributed by atoms with van der Waals surface area (Å²) in [5.41, 5.74) is 0. The maximum atomic E-state index is 5.44. The molecule has 1 N–H and O–H groups in total. The lowest BCUT2D eigenvalue weighted by Gasteiger charge is -2.21. The number of halogens is 5. The lowest BCUT2D eigenvalue weighted by Crippen LogP contribution is -2.30. The Hall–Kier alpha value is 1.63. The number of alkyl halides is 5. The minimum atomic E-state index is -1.55. The zero-order valence-corrected chi connectivity index (χ0v) is 15.3. The van der Waals surface area contributed by atoms with E-state index in [0.29, 0.717) is 22.3 Å². The van der Waals surface area contributed by atoms with Gasteiger partial charge in [0.25, 0.3) is 0 Å². The van der Waals surface area contributed by atoms with Crippen LogP contribution in [0.1, 0.15) is 27.7 Å². The second-order valence-corrected chi connectivity index (χ2v) is 10.6. The van der Waals surface area contributed by atoms with E-state index in [1.807, 2.05) is 0 Å². The Morgan fingerprint density at radius 2 is 1.07 bits per heavy atom. The molecular weight excluding hydrogens is 315 g/mol. The van der Waals surface area contributed by atoms with Crippen molar-refractivity contribution in [1.82, 2.24) is 5.32 Å². The average Bonchev–Trinajstić information content (AvgIpc) is 1.78. The molecule has 0 unspecified atom stereocenters. The summed E-state index contributed by atoms with van der Waals surface area (Å²) >= 11 is 26.8. The molecule has 0 aliphatic heterocycles. The average molecular weight is 334 g/mol. The van der Waals surface area contributed by atoms with Gasteiger partial charge < -0.3 is 5.32 Å². The second-order valence-electron chi connectivity index (χ2n) is 3.86. The number of nitrogens with one attached hydrogen (secondary N) is 1. The third-order valence-electron chi connectivity index (χ3n) is 1.16. The Balaban J connectivity index is 0. The quantitative estimate of drug-likeness (QED) is 0.604. The minimum absolute atomic E-state index is 0.422. The molecule has 7 heteroatoms. The van der Waals surface area contributed by atoms with Crippen LogP contribution in [-0.2, 0) is 0 Å². The van der Waals surface area contributed by atoms with E-state index in [4.69, 9.17) is 58.0 Å². The zero-order chi connectivity index (χ0) is 12.9. The lowest BCUT2D eigenvalue weighted by molar-refractivity contribution is 0.518. The molecule has 94 valence electrons. The van der Waals surface area contributed by atoms with Crippen LogP contribution in [0.3, 0.4) is 0 Å². The van der Waals surface area contributed by atoms with Gasteiger partial charge in [-0.15, -0.1) is 23.2 Å². The molecule has 0 rings (SSSR count). The summed E-state index contributed by atoms with van der Waals surface area (Å²) in [6, 6.07) is 1.25. The fraction of sp³-hybridized carbons (Fsp3) is 1.00. The van der Waals surface area contributed by atoms with E-state index >= 15 is 0 Å². The van der Waals surface area contributed by atoms with Crippen molar-refractivity contribution in [3.05, 3.63) is 0 Å². The van der Waals surface area contributed by atoms with Crippen LogP contribution in [-0.4, -0.2) is 30.1 Å². The molecule has 0 aromatic carbocycles. The molecular formula is C8H18Cl5NSi. The predicted octanol–water partition coefficient (Wildman–Crippen LogP) is 3.25. The van der Waals surface area contributed by atoms with E-state index < -0.39 is 7.75 Å². The van der Waals surface area contributed by atoms with E-state index in [0.717, 1.165) is 0 Å². The lowest BCUT2D eigenvalue weighted by atomic mass is 10.3. The maximum absolute atomic E-state index is 5.44. The van der Waals surface area contributed by atoms with Gasteiger partial charge in [-0.25, -0.2) is 0 Å². The molecule has 0 heterocycles. The highest BCUT2D eigenvalue weighted by Crippen LogP contribution is 2.43. The van der Waals surface area contributed by atoms with Gasteiger partial charge in [0.1, 0.15) is 3.96 Å². The van der Waals surface area contributed by atoms with E-state index in [1.165, 1.54) is 0 Å². The zero-order valence-electron chi connectivity index (χ0n) is 9.54. The monoisotopic (exact) mass is 331 g/mol. The Labute approximate surface area is 121 Å². The van der Waals surface area contributed by atoms with Crippen molar-refractivity contribution in [2.24, 2.45) is 0 Å². The molecule has 0 atom stereocenters. The van der Waals surface area contributed by atoms with Crippen molar-refractivity contribution >= 4 is 68.2 Å². The topological polar surface area (TPSA) is 12.0 Å². The Bertz CT molecular complexity index is 143. The van der Waals surface area contributed by atoms with Gasteiger partial charge in [0.05, 0.1) is 10.2 Å². The molecule has 1 nitrogen and oxygen atoms in total. The van der Waals surface area contributed by atoms with Crippen molar-refractivity contribution < 1.29 is 0 Å². The third-order valence-corrected chi connectivity index (χ3v) is 5.15. The molecule has 0 bridgehead atoms. The molecule has 0 fully saturated rings. The molecule has 0 aliphatic rings. The Morgan fingerprint density at radius 3 is 1.07 bits per heavy atom. The molecule has 0 spiro atoms. The van der Waals surface area contributed by atoms with E-state index in [-0.39, 0.29) is 0 Å². The van der Waals surface area contributed by atoms with Gasteiger partial charge in [-0.05, 0) is 0 Å². The van der Waals surface area contributed by atoms with E-state index in [1.54, 1.807) is 0 Å². The SMILES string of the molecule is CC(C)NC(C)C.[SiH3]C(Cl)(Cl)C(Cl)(Cl)Cl. The molecule has 0 aromatic heterocycles. The number of hydrogen-bond acceptors (Lipinski definition) is 1. The van der Waals surface area contributed by atoms with Gasteiger partial charge in [0.15, 0.2) is 0 Å². The molecule has 0 saturated carbocycles. The highest BCUT2D eigenvalue weighted by molar-refractivity contribution is 6.82. The summed E-state index contributed by atoms with van der Waals surface area (Å²) in [4.78, 5) is 0. The molecule has 0 aliphatic carbocycles. The summed E-state index contributed by atoms with van der Waals surface area (Å²) in [5, 5.41) is 3.31. The first-order chi connectivity index (χ1) is 6.38. The maximum Gasteiger partial charge on any atom is 0.218 e. The molecule has 0 aromatic rings. The molecule has 0 saturated heterocycles. The van der Waals surface area contributed by atoms with Crippen molar-refractivity contribution in [2.75, 3.05) is 0 Å². The van der Waals surface area contributed by atoms with Gasteiger partial charge in [-0.1, -0.05) is 62.5 Å². The van der Waals surface area contributed by atoms with Crippen molar-refractivity contribution in [1.29, 1.82) is 0 Å². The first-order valence-corrected chi connectivity index (χ1v) is 7.47. The smallest absolute Gasteiger partial charge is 0.218 e. The Kier molecular flexibility index (Phi) is 9.94.